The van der Waals surface area contributed by atoms with Gasteiger partial charge in [-0.15, -0.1) is 0 Å². The molecule has 2 heteroatoms. The molecule has 2 rings (SSSR count). The van der Waals surface area contributed by atoms with Crippen LogP contribution in [0.4, 0.5) is 0 Å². The van der Waals surface area contributed by atoms with Gasteiger partial charge in [0.2, 0.25) is 0 Å². The lowest BCUT2D eigenvalue weighted by Gasteiger charge is -2.54. The van der Waals surface area contributed by atoms with Gasteiger partial charge in [0.25, 0.3) is 0 Å². The van der Waals surface area contributed by atoms with Crippen LogP contribution in [0.2, 0.25) is 0 Å². The summed E-state index contributed by atoms with van der Waals surface area (Å²) in [4.78, 5) is 0. The van der Waals surface area contributed by atoms with Crippen molar-refractivity contribution in [2.75, 3.05) is 0 Å². The molecule has 0 bridgehead atoms. The second-order valence-corrected chi connectivity index (χ2v) is 7.96. The molecule has 0 aromatic rings. The van der Waals surface area contributed by atoms with Crippen molar-refractivity contribution in [2.45, 2.75) is 109 Å². The van der Waals surface area contributed by atoms with Crippen molar-refractivity contribution >= 4 is 0 Å². The summed E-state index contributed by atoms with van der Waals surface area (Å²) in [5, 5.41) is 22.9. The van der Waals surface area contributed by atoms with E-state index in [2.05, 4.69) is 13.8 Å². The van der Waals surface area contributed by atoms with E-state index < -0.39 is 11.2 Å². The molecule has 0 spiro atoms. The summed E-state index contributed by atoms with van der Waals surface area (Å²) in [6, 6.07) is 0. The fourth-order valence-corrected chi connectivity index (χ4v) is 4.61. The summed E-state index contributed by atoms with van der Waals surface area (Å²) in [5.74, 6) is 0. The van der Waals surface area contributed by atoms with Crippen LogP contribution in [0.3, 0.4) is 0 Å². The van der Waals surface area contributed by atoms with Crippen LogP contribution in [0.15, 0.2) is 0 Å². The molecular weight excluding hydrogens is 248 g/mol. The van der Waals surface area contributed by atoms with Crippen LogP contribution in [-0.4, -0.2) is 21.4 Å². The molecule has 2 aliphatic rings. The normalized spacial score (nSPS) is 35.4. The SMILES string of the molecule is CC1(C)CCCCCCC1(O)C1(O)CCCCCCC1. The molecule has 0 amide bonds. The minimum atomic E-state index is -0.905. The topological polar surface area (TPSA) is 40.5 Å². The van der Waals surface area contributed by atoms with Crippen molar-refractivity contribution in [1.29, 1.82) is 0 Å². The second kappa shape index (κ2) is 6.36. The smallest absolute Gasteiger partial charge is 0.0983 e. The standard InChI is InChI=1S/C18H34O2/c1-16(2)12-8-6-7-11-15-18(16,20)17(19)13-9-4-3-5-10-14-17/h19-20H,3-15H2,1-2H3. The van der Waals surface area contributed by atoms with Crippen LogP contribution in [0.5, 0.6) is 0 Å². The minimum Gasteiger partial charge on any atom is -0.387 e. The Morgan fingerprint density at radius 1 is 0.550 bits per heavy atom. The van der Waals surface area contributed by atoms with Crippen molar-refractivity contribution in [1.82, 2.24) is 0 Å². The summed E-state index contributed by atoms with van der Waals surface area (Å²) in [6.07, 6.45) is 13.9. The monoisotopic (exact) mass is 282 g/mol. The van der Waals surface area contributed by atoms with Crippen molar-refractivity contribution in [3.8, 4) is 0 Å². The molecule has 1 atom stereocenters. The average molecular weight is 282 g/mol. The van der Waals surface area contributed by atoms with E-state index in [9.17, 15) is 10.2 Å². The molecule has 1 unspecified atom stereocenters. The Labute approximate surface area is 125 Å². The van der Waals surface area contributed by atoms with Gasteiger partial charge < -0.3 is 10.2 Å². The van der Waals surface area contributed by atoms with E-state index in [0.29, 0.717) is 0 Å². The minimum absolute atomic E-state index is 0.179. The van der Waals surface area contributed by atoms with E-state index in [1.807, 2.05) is 0 Å². The highest BCUT2D eigenvalue weighted by Gasteiger charge is 2.56. The highest BCUT2D eigenvalue weighted by molar-refractivity contribution is 5.08. The van der Waals surface area contributed by atoms with Gasteiger partial charge in [0.05, 0.1) is 11.2 Å². The maximum absolute atomic E-state index is 11.6. The first-order chi connectivity index (χ1) is 9.41. The highest BCUT2D eigenvalue weighted by Crippen LogP contribution is 2.51. The van der Waals surface area contributed by atoms with E-state index in [0.717, 1.165) is 44.9 Å². The van der Waals surface area contributed by atoms with Crippen molar-refractivity contribution in [2.24, 2.45) is 5.41 Å². The maximum Gasteiger partial charge on any atom is 0.0983 e. The van der Waals surface area contributed by atoms with Crippen molar-refractivity contribution in [3.63, 3.8) is 0 Å². The lowest BCUT2D eigenvalue weighted by atomic mass is 9.58. The second-order valence-electron chi connectivity index (χ2n) is 7.96. The Kier molecular flexibility index (Phi) is 5.18. The molecule has 2 nitrogen and oxygen atoms in total. The first kappa shape index (κ1) is 16.3. The molecule has 2 aliphatic carbocycles. The summed E-state index contributed by atoms with van der Waals surface area (Å²) in [7, 11) is 0. The zero-order chi connectivity index (χ0) is 14.7. The van der Waals surface area contributed by atoms with Gasteiger partial charge >= 0.3 is 0 Å². The molecule has 0 aromatic carbocycles. The number of hydrogen-bond donors (Lipinski definition) is 2. The molecule has 2 fully saturated rings. The van der Waals surface area contributed by atoms with E-state index in [1.165, 1.54) is 38.5 Å². The molecule has 0 aromatic heterocycles. The molecular formula is C18H34O2. The van der Waals surface area contributed by atoms with E-state index >= 15 is 0 Å². The van der Waals surface area contributed by atoms with Gasteiger partial charge in [-0.05, 0) is 31.1 Å². The molecule has 20 heavy (non-hydrogen) atoms. The predicted octanol–water partition coefficient (Wildman–Crippen LogP) is 4.57. The van der Waals surface area contributed by atoms with Gasteiger partial charge in [-0.3, -0.25) is 0 Å². The lowest BCUT2D eigenvalue weighted by molar-refractivity contribution is -0.224. The number of hydrogen-bond acceptors (Lipinski definition) is 2. The Morgan fingerprint density at radius 3 is 1.50 bits per heavy atom. The third-order valence-electron chi connectivity index (χ3n) is 6.16. The van der Waals surface area contributed by atoms with Gasteiger partial charge in [-0.2, -0.15) is 0 Å². The quantitative estimate of drug-likeness (QED) is 0.739. The number of rotatable bonds is 1. The molecule has 118 valence electrons. The molecule has 2 N–H and O–H groups in total. The molecule has 0 heterocycles. The summed E-state index contributed by atoms with van der Waals surface area (Å²) < 4.78 is 0. The van der Waals surface area contributed by atoms with E-state index in [-0.39, 0.29) is 5.41 Å². The Hall–Kier alpha value is -0.0800. The Morgan fingerprint density at radius 2 is 0.950 bits per heavy atom. The zero-order valence-corrected chi connectivity index (χ0v) is 13.6. The fourth-order valence-electron chi connectivity index (χ4n) is 4.61. The zero-order valence-electron chi connectivity index (χ0n) is 13.6. The molecule has 0 saturated heterocycles. The molecule has 0 aliphatic heterocycles. The number of aliphatic hydroxyl groups is 2. The largest absolute Gasteiger partial charge is 0.387 e. The van der Waals surface area contributed by atoms with Crippen LogP contribution in [0.1, 0.15) is 97.3 Å². The summed E-state index contributed by atoms with van der Waals surface area (Å²) in [6.45, 7) is 4.35. The van der Waals surface area contributed by atoms with Gasteiger partial charge in [0.15, 0.2) is 0 Å². The average Bonchev–Trinajstić information content (AvgIpc) is 2.36. The Balaban J connectivity index is 2.26. The fraction of sp³-hybridized carbons (Fsp3) is 1.00. The van der Waals surface area contributed by atoms with Crippen LogP contribution in [0.25, 0.3) is 0 Å². The third kappa shape index (κ3) is 3.06. The van der Waals surface area contributed by atoms with Crippen LogP contribution >= 0.6 is 0 Å². The summed E-state index contributed by atoms with van der Waals surface area (Å²) >= 11 is 0. The molecule has 2 saturated carbocycles. The van der Waals surface area contributed by atoms with Gasteiger partial charge in [-0.25, -0.2) is 0 Å². The van der Waals surface area contributed by atoms with Crippen LogP contribution < -0.4 is 0 Å². The third-order valence-corrected chi connectivity index (χ3v) is 6.16. The maximum atomic E-state index is 11.6. The van der Waals surface area contributed by atoms with Gasteiger partial charge in [0, 0.05) is 0 Å². The van der Waals surface area contributed by atoms with E-state index in [1.54, 1.807) is 0 Å². The van der Waals surface area contributed by atoms with Gasteiger partial charge in [0.1, 0.15) is 0 Å². The summed E-state index contributed by atoms with van der Waals surface area (Å²) in [5.41, 5.74) is -1.95. The van der Waals surface area contributed by atoms with Crippen LogP contribution in [0, 0.1) is 5.41 Å². The van der Waals surface area contributed by atoms with Gasteiger partial charge in [-0.1, -0.05) is 71.6 Å². The molecule has 0 radical (unpaired) electrons. The first-order valence-corrected chi connectivity index (χ1v) is 8.86. The lowest BCUT2D eigenvalue weighted by Crippen LogP contribution is -2.62. The highest BCUT2D eigenvalue weighted by atomic mass is 16.4. The van der Waals surface area contributed by atoms with E-state index in [4.69, 9.17) is 0 Å². The first-order valence-electron chi connectivity index (χ1n) is 8.86. The Bertz CT molecular complexity index is 303. The van der Waals surface area contributed by atoms with Crippen molar-refractivity contribution in [3.05, 3.63) is 0 Å². The van der Waals surface area contributed by atoms with Crippen LogP contribution in [-0.2, 0) is 0 Å². The predicted molar refractivity (Wildman–Crippen MR) is 83.7 cm³/mol. The van der Waals surface area contributed by atoms with Crippen molar-refractivity contribution < 1.29 is 10.2 Å².